The minimum absolute atomic E-state index is 0.0585. The molecule has 8 heteroatoms. The molecule has 0 saturated heterocycles. The molecule has 0 fully saturated rings. The molecule has 34 heavy (non-hydrogen) atoms. The maximum Gasteiger partial charge on any atom is 0.339 e. The van der Waals surface area contributed by atoms with Gasteiger partial charge in [0.05, 0.1) is 5.39 Å². The molecule has 0 aliphatic heterocycles. The van der Waals surface area contributed by atoms with Gasteiger partial charge in [0.1, 0.15) is 22.5 Å². The number of carbonyl (C=O) groups excluding carboxylic acids is 1. The molecule has 0 atom stereocenters. The molecule has 0 saturated carbocycles. The summed E-state index contributed by atoms with van der Waals surface area (Å²) in [6.07, 6.45) is -0.0585. The predicted molar refractivity (Wildman–Crippen MR) is 125 cm³/mol. The number of hydrogen-bond acceptors (Lipinski definition) is 8. The van der Waals surface area contributed by atoms with Gasteiger partial charge < -0.3 is 18.0 Å². The highest BCUT2D eigenvalue weighted by molar-refractivity contribution is 6.02. The van der Waals surface area contributed by atoms with Crippen molar-refractivity contribution < 1.29 is 22.8 Å². The second kappa shape index (κ2) is 7.84. The van der Waals surface area contributed by atoms with E-state index in [4.69, 9.17) is 18.0 Å². The van der Waals surface area contributed by atoms with E-state index in [-0.39, 0.29) is 28.9 Å². The lowest BCUT2D eigenvalue weighted by atomic mass is 9.99. The molecule has 0 unspecified atom stereocenters. The summed E-state index contributed by atoms with van der Waals surface area (Å²) in [6.45, 7) is 4.80. The Hall–Kier alpha value is -4.46. The molecule has 5 aromatic rings. The molecular weight excluding hydrogens is 440 g/mol. The monoisotopic (exact) mass is 458 g/mol. The highest BCUT2D eigenvalue weighted by Crippen LogP contribution is 2.32. The zero-order chi connectivity index (χ0) is 24.1. The Morgan fingerprint density at radius 1 is 0.794 bits per heavy atom. The largest absolute Gasteiger partial charge is 0.426 e. The van der Waals surface area contributed by atoms with Crippen molar-refractivity contribution in [3.05, 3.63) is 96.0 Å². The Labute approximate surface area is 191 Å². The van der Waals surface area contributed by atoms with Gasteiger partial charge in [0.2, 0.25) is 0 Å². The number of benzene rings is 2. The molecule has 2 aromatic carbocycles. The van der Waals surface area contributed by atoms with E-state index in [1.165, 1.54) is 19.1 Å². The fourth-order valence-corrected chi connectivity index (χ4v) is 4.16. The van der Waals surface area contributed by atoms with Gasteiger partial charge in [-0.1, -0.05) is 0 Å². The first-order valence-electron chi connectivity index (χ1n) is 10.5. The Morgan fingerprint density at radius 2 is 1.41 bits per heavy atom. The van der Waals surface area contributed by atoms with Gasteiger partial charge in [0.15, 0.2) is 0 Å². The second-order valence-corrected chi connectivity index (χ2v) is 8.10. The highest BCUT2D eigenvalue weighted by atomic mass is 16.5. The summed E-state index contributed by atoms with van der Waals surface area (Å²) in [5.41, 5.74) is 1.01. The summed E-state index contributed by atoms with van der Waals surface area (Å²) in [5, 5.41) is 1.79. The molecule has 0 N–H and O–H groups in total. The average molecular weight is 458 g/mol. The van der Waals surface area contributed by atoms with Gasteiger partial charge in [-0.05, 0) is 55.3 Å². The van der Waals surface area contributed by atoms with Gasteiger partial charge in [-0.3, -0.25) is 4.79 Å². The first-order valence-corrected chi connectivity index (χ1v) is 10.5. The summed E-state index contributed by atoms with van der Waals surface area (Å²) in [4.78, 5) is 48.7. The van der Waals surface area contributed by atoms with Crippen molar-refractivity contribution in [3.8, 4) is 5.75 Å². The summed E-state index contributed by atoms with van der Waals surface area (Å²) in [6, 6.07) is 11.0. The summed E-state index contributed by atoms with van der Waals surface area (Å²) in [7, 11) is 0. The maximum atomic E-state index is 12.9. The third-order valence-electron chi connectivity index (χ3n) is 5.70. The minimum atomic E-state index is -0.623. The zero-order valence-corrected chi connectivity index (χ0v) is 18.5. The van der Waals surface area contributed by atoms with Crippen LogP contribution in [0.15, 0.2) is 70.1 Å². The third-order valence-corrected chi connectivity index (χ3v) is 5.70. The van der Waals surface area contributed by atoms with Crippen molar-refractivity contribution in [1.82, 2.24) is 0 Å². The fraction of sp³-hybridized carbons (Fsp3) is 0.154. The maximum absolute atomic E-state index is 12.9. The summed E-state index contributed by atoms with van der Waals surface area (Å²) >= 11 is 0. The molecule has 8 nitrogen and oxygen atoms in total. The molecule has 0 aliphatic rings. The lowest BCUT2D eigenvalue weighted by molar-refractivity contribution is -0.131. The van der Waals surface area contributed by atoms with Crippen LogP contribution in [0.2, 0.25) is 0 Å². The van der Waals surface area contributed by atoms with E-state index in [9.17, 15) is 19.2 Å². The van der Waals surface area contributed by atoms with Crippen LogP contribution >= 0.6 is 0 Å². The predicted octanol–water partition coefficient (Wildman–Crippen LogP) is 4.14. The first-order chi connectivity index (χ1) is 16.2. The molecule has 0 amide bonds. The quantitative estimate of drug-likeness (QED) is 0.171. The smallest absolute Gasteiger partial charge is 0.339 e. The van der Waals surface area contributed by atoms with Crippen LogP contribution in [0, 0.1) is 13.8 Å². The number of esters is 1. The van der Waals surface area contributed by atoms with E-state index in [2.05, 4.69) is 0 Å². The molecule has 0 aliphatic carbocycles. The number of rotatable bonds is 3. The van der Waals surface area contributed by atoms with E-state index in [1.54, 1.807) is 44.2 Å². The van der Waals surface area contributed by atoms with E-state index >= 15 is 0 Å². The second-order valence-electron chi connectivity index (χ2n) is 8.10. The van der Waals surface area contributed by atoms with Gasteiger partial charge >= 0.3 is 22.8 Å². The molecule has 0 bridgehead atoms. The molecule has 3 heterocycles. The molecule has 0 radical (unpaired) electrons. The van der Waals surface area contributed by atoms with Crippen LogP contribution in [-0.2, 0) is 11.2 Å². The van der Waals surface area contributed by atoms with Crippen LogP contribution < -0.4 is 21.6 Å². The average Bonchev–Trinajstić information content (AvgIpc) is 2.75. The van der Waals surface area contributed by atoms with Gasteiger partial charge in [0.25, 0.3) is 0 Å². The third kappa shape index (κ3) is 3.59. The molecular formula is C26H18O8. The van der Waals surface area contributed by atoms with E-state index in [0.29, 0.717) is 32.9 Å². The Morgan fingerprint density at radius 3 is 2.09 bits per heavy atom. The van der Waals surface area contributed by atoms with Crippen molar-refractivity contribution >= 4 is 38.9 Å². The minimum Gasteiger partial charge on any atom is -0.426 e. The van der Waals surface area contributed by atoms with Crippen LogP contribution in [0.1, 0.15) is 29.2 Å². The highest BCUT2D eigenvalue weighted by Gasteiger charge is 2.19. The summed E-state index contributed by atoms with van der Waals surface area (Å²) < 4.78 is 21.7. The van der Waals surface area contributed by atoms with Crippen molar-refractivity contribution in [3.63, 3.8) is 0 Å². The summed E-state index contributed by atoms with van der Waals surface area (Å²) in [5.74, 6) is -0.405. The van der Waals surface area contributed by atoms with Crippen molar-refractivity contribution in [2.24, 2.45) is 0 Å². The number of fused-ring (bicyclic) bond motifs is 4. The van der Waals surface area contributed by atoms with Crippen LogP contribution in [0.4, 0.5) is 0 Å². The fourth-order valence-electron chi connectivity index (χ4n) is 4.16. The Balaban J connectivity index is 1.79. The van der Waals surface area contributed by atoms with Crippen molar-refractivity contribution in [2.45, 2.75) is 27.2 Å². The standard InChI is InChI=1S/C26H18O8/c1-12-8-22(28)33-24-16(12)4-6-20(31-14(3)27)18(24)10-15-11-19-21(32-26(15)30)7-5-17-13(2)9-23(29)34-25(17)19/h4-9,11H,10H2,1-3H3. The van der Waals surface area contributed by atoms with Crippen LogP contribution in [-0.4, -0.2) is 5.97 Å². The SMILES string of the molecule is CC(=O)Oc1ccc2c(C)cc(=O)oc2c1Cc1cc2c(ccc3c(C)cc(=O)oc32)oc1=O. The van der Waals surface area contributed by atoms with Crippen LogP contribution in [0.5, 0.6) is 5.75 Å². The normalized spacial score (nSPS) is 11.4. The lowest BCUT2D eigenvalue weighted by Crippen LogP contribution is -2.11. The van der Waals surface area contributed by atoms with Crippen molar-refractivity contribution in [1.29, 1.82) is 0 Å². The van der Waals surface area contributed by atoms with Gasteiger partial charge in [-0.2, -0.15) is 0 Å². The molecule has 0 spiro atoms. The zero-order valence-electron chi connectivity index (χ0n) is 18.5. The van der Waals surface area contributed by atoms with Gasteiger partial charge in [-0.15, -0.1) is 0 Å². The van der Waals surface area contributed by atoms with E-state index < -0.39 is 22.8 Å². The number of aryl methyl sites for hydroxylation is 2. The van der Waals surface area contributed by atoms with Gasteiger partial charge in [0, 0.05) is 47.4 Å². The Kier molecular flexibility index (Phi) is 4.93. The number of carbonyl (C=O) groups is 1. The molecule has 5 rings (SSSR count). The van der Waals surface area contributed by atoms with E-state index in [1.807, 2.05) is 0 Å². The van der Waals surface area contributed by atoms with E-state index in [0.717, 1.165) is 5.56 Å². The number of hydrogen-bond donors (Lipinski definition) is 0. The van der Waals surface area contributed by atoms with Crippen LogP contribution in [0.3, 0.4) is 0 Å². The lowest BCUT2D eigenvalue weighted by Gasteiger charge is -2.12. The topological polar surface area (TPSA) is 117 Å². The van der Waals surface area contributed by atoms with Crippen molar-refractivity contribution in [2.75, 3.05) is 0 Å². The molecule has 3 aromatic heterocycles. The Bertz CT molecular complexity index is 1820. The number of ether oxygens (including phenoxy) is 1. The van der Waals surface area contributed by atoms with Crippen LogP contribution in [0.25, 0.3) is 32.9 Å². The van der Waals surface area contributed by atoms with Gasteiger partial charge in [-0.25, -0.2) is 14.4 Å². The molecule has 170 valence electrons. The first kappa shape index (κ1) is 21.4.